The largest absolute Gasteiger partial charge is 0.493 e. The predicted octanol–water partition coefficient (Wildman–Crippen LogP) is 4.94. The summed E-state index contributed by atoms with van der Waals surface area (Å²) in [7, 11) is 3.26. The molecule has 0 spiro atoms. The second-order valence-corrected chi connectivity index (χ2v) is 7.49. The molecule has 0 aliphatic heterocycles. The Labute approximate surface area is 194 Å². The molecule has 0 radical (unpaired) electrons. The Morgan fingerprint density at radius 3 is 2.31 bits per heavy atom. The Balaban J connectivity index is 0.00000289. The minimum atomic E-state index is -1.28. The summed E-state index contributed by atoms with van der Waals surface area (Å²) < 4.78 is 16.7. The van der Waals surface area contributed by atoms with Crippen LogP contribution < -0.4 is 14.8 Å². The molecular formula is C26H28ClNO4. The average Bonchev–Trinajstić information content (AvgIpc) is 3.27. The summed E-state index contributed by atoms with van der Waals surface area (Å²) >= 11 is 0. The van der Waals surface area contributed by atoms with Gasteiger partial charge in [0, 0.05) is 11.9 Å². The Morgan fingerprint density at radius 2 is 1.59 bits per heavy atom. The molecule has 0 amide bonds. The van der Waals surface area contributed by atoms with Crippen LogP contribution in [0, 0.1) is 0 Å². The fourth-order valence-corrected chi connectivity index (χ4v) is 3.77. The normalized spacial score (nSPS) is 12.7. The summed E-state index contributed by atoms with van der Waals surface area (Å²) in [5, 5.41) is 16.1. The number of aliphatic hydroxyl groups is 1. The third kappa shape index (κ3) is 4.91. The standard InChI is InChI=1S/C26H27NO4.ClH/c1-29-23-13-12-19(16-24(23)30-2)14-15-27-18-26(28,21-9-4-3-5-10-21)25-17-20-8-6-7-11-22(20)31-25;/h3-13,16-17,27-28H,14-15,18H2,1-2H3;1H. The minimum absolute atomic E-state index is 0. The first-order valence-electron chi connectivity index (χ1n) is 10.3. The molecule has 168 valence electrons. The average molecular weight is 454 g/mol. The van der Waals surface area contributed by atoms with Crippen LogP contribution in [0.4, 0.5) is 0 Å². The van der Waals surface area contributed by atoms with Gasteiger partial charge in [-0.1, -0.05) is 54.6 Å². The Hall–Kier alpha value is -2.99. The van der Waals surface area contributed by atoms with Crippen LogP contribution in [0.15, 0.2) is 83.3 Å². The molecule has 32 heavy (non-hydrogen) atoms. The Bertz CT molecular complexity index is 1110. The highest BCUT2D eigenvalue weighted by atomic mass is 35.5. The molecule has 5 nitrogen and oxygen atoms in total. The van der Waals surface area contributed by atoms with Crippen LogP contribution in [-0.2, 0) is 12.0 Å². The van der Waals surface area contributed by atoms with Crippen LogP contribution in [-0.4, -0.2) is 32.4 Å². The van der Waals surface area contributed by atoms with Crippen molar-refractivity contribution in [3.05, 3.63) is 95.7 Å². The number of rotatable bonds is 9. The van der Waals surface area contributed by atoms with Gasteiger partial charge >= 0.3 is 0 Å². The van der Waals surface area contributed by atoms with Gasteiger partial charge in [0.2, 0.25) is 0 Å². The smallest absolute Gasteiger partial charge is 0.160 e. The number of halogens is 1. The van der Waals surface area contributed by atoms with Gasteiger partial charge in [-0.05, 0) is 48.4 Å². The molecule has 3 aromatic carbocycles. The molecule has 1 unspecified atom stereocenters. The van der Waals surface area contributed by atoms with Crippen LogP contribution >= 0.6 is 12.4 Å². The van der Waals surface area contributed by atoms with E-state index in [2.05, 4.69) is 5.32 Å². The summed E-state index contributed by atoms with van der Waals surface area (Å²) in [5.74, 6) is 1.95. The molecule has 4 aromatic rings. The highest BCUT2D eigenvalue weighted by molar-refractivity contribution is 5.85. The molecular weight excluding hydrogens is 426 g/mol. The van der Waals surface area contributed by atoms with Crippen molar-refractivity contribution in [3.8, 4) is 11.5 Å². The molecule has 4 rings (SSSR count). The predicted molar refractivity (Wildman–Crippen MR) is 129 cm³/mol. The van der Waals surface area contributed by atoms with E-state index in [1.54, 1.807) is 14.2 Å². The summed E-state index contributed by atoms with van der Waals surface area (Å²) in [4.78, 5) is 0. The summed E-state index contributed by atoms with van der Waals surface area (Å²) in [6.45, 7) is 1.01. The van der Waals surface area contributed by atoms with E-state index in [9.17, 15) is 5.11 Å². The van der Waals surface area contributed by atoms with Gasteiger partial charge in [-0.3, -0.25) is 0 Å². The van der Waals surface area contributed by atoms with Crippen LogP contribution in [0.3, 0.4) is 0 Å². The van der Waals surface area contributed by atoms with Crippen molar-refractivity contribution in [2.45, 2.75) is 12.0 Å². The zero-order valence-electron chi connectivity index (χ0n) is 18.2. The van der Waals surface area contributed by atoms with Gasteiger partial charge in [0.05, 0.1) is 14.2 Å². The molecule has 0 saturated heterocycles. The van der Waals surface area contributed by atoms with Crippen molar-refractivity contribution in [2.75, 3.05) is 27.3 Å². The van der Waals surface area contributed by atoms with E-state index in [0.29, 0.717) is 30.3 Å². The number of ether oxygens (including phenoxy) is 2. The number of methoxy groups -OCH3 is 2. The van der Waals surface area contributed by atoms with Crippen molar-refractivity contribution < 1.29 is 19.0 Å². The van der Waals surface area contributed by atoms with Crippen molar-refractivity contribution in [1.82, 2.24) is 5.32 Å². The molecule has 6 heteroatoms. The van der Waals surface area contributed by atoms with E-state index < -0.39 is 5.60 Å². The van der Waals surface area contributed by atoms with Gasteiger partial charge in [-0.2, -0.15) is 0 Å². The second kappa shape index (κ2) is 10.6. The van der Waals surface area contributed by atoms with Crippen LogP contribution in [0.25, 0.3) is 11.0 Å². The Kier molecular flexibility index (Phi) is 7.80. The van der Waals surface area contributed by atoms with Crippen molar-refractivity contribution in [2.24, 2.45) is 0 Å². The first-order valence-corrected chi connectivity index (χ1v) is 10.3. The molecule has 1 heterocycles. The third-order valence-corrected chi connectivity index (χ3v) is 5.50. The number of hydrogen-bond acceptors (Lipinski definition) is 5. The van der Waals surface area contributed by atoms with Gasteiger partial charge in [0.1, 0.15) is 11.3 Å². The molecule has 0 fully saturated rings. The Morgan fingerprint density at radius 1 is 0.875 bits per heavy atom. The van der Waals surface area contributed by atoms with E-state index in [0.717, 1.165) is 28.5 Å². The molecule has 0 aliphatic rings. The molecule has 1 atom stereocenters. The highest BCUT2D eigenvalue weighted by Crippen LogP contribution is 2.33. The van der Waals surface area contributed by atoms with Gasteiger partial charge in [0.15, 0.2) is 17.1 Å². The van der Waals surface area contributed by atoms with E-state index in [4.69, 9.17) is 13.9 Å². The topological polar surface area (TPSA) is 63.9 Å². The maximum atomic E-state index is 11.7. The zero-order chi connectivity index (χ0) is 21.7. The quantitative estimate of drug-likeness (QED) is 0.351. The second-order valence-electron chi connectivity index (χ2n) is 7.49. The first kappa shape index (κ1) is 23.7. The molecule has 0 saturated carbocycles. The number of fused-ring (bicyclic) bond motifs is 1. The van der Waals surface area contributed by atoms with E-state index in [1.807, 2.05) is 78.9 Å². The number of benzene rings is 3. The maximum absolute atomic E-state index is 11.7. The number of hydrogen-bond donors (Lipinski definition) is 2. The lowest BCUT2D eigenvalue weighted by Gasteiger charge is -2.27. The van der Waals surface area contributed by atoms with E-state index in [1.165, 1.54) is 0 Å². The highest BCUT2D eigenvalue weighted by Gasteiger charge is 2.34. The lowest BCUT2D eigenvalue weighted by molar-refractivity contribution is 0.0584. The minimum Gasteiger partial charge on any atom is -0.493 e. The van der Waals surface area contributed by atoms with E-state index >= 15 is 0 Å². The number of furan rings is 1. The SMILES string of the molecule is COc1ccc(CCNCC(O)(c2ccccc2)c2cc3ccccc3o2)cc1OC.Cl. The van der Waals surface area contributed by atoms with Crippen molar-refractivity contribution >= 4 is 23.4 Å². The summed E-state index contributed by atoms with van der Waals surface area (Å²) in [6, 6.07) is 25.2. The number of para-hydroxylation sites is 1. The molecule has 0 bridgehead atoms. The maximum Gasteiger partial charge on any atom is 0.160 e. The lowest BCUT2D eigenvalue weighted by atomic mass is 9.90. The van der Waals surface area contributed by atoms with Gasteiger partial charge < -0.3 is 24.3 Å². The van der Waals surface area contributed by atoms with Crippen LogP contribution in [0.2, 0.25) is 0 Å². The van der Waals surface area contributed by atoms with Crippen molar-refractivity contribution in [1.29, 1.82) is 0 Å². The molecule has 2 N–H and O–H groups in total. The lowest BCUT2D eigenvalue weighted by Crippen LogP contribution is -2.39. The van der Waals surface area contributed by atoms with Gasteiger partial charge in [0.25, 0.3) is 0 Å². The molecule has 0 aliphatic carbocycles. The summed E-state index contributed by atoms with van der Waals surface area (Å²) in [6.07, 6.45) is 0.783. The van der Waals surface area contributed by atoms with E-state index in [-0.39, 0.29) is 12.4 Å². The molecule has 1 aromatic heterocycles. The van der Waals surface area contributed by atoms with Crippen LogP contribution in [0.1, 0.15) is 16.9 Å². The summed E-state index contributed by atoms with van der Waals surface area (Å²) in [5.41, 5.74) is 1.39. The fourth-order valence-electron chi connectivity index (χ4n) is 3.77. The first-order chi connectivity index (χ1) is 15.1. The zero-order valence-corrected chi connectivity index (χ0v) is 19.0. The van der Waals surface area contributed by atoms with Crippen LogP contribution in [0.5, 0.6) is 11.5 Å². The fraction of sp³-hybridized carbons (Fsp3) is 0.231. The van der Waals surface area contributed by atoms with Gasteiger partial charge in [-0.25, -0.2) is 0 Å². The van der Waals surface area contributed by atoms with Gasteiger partial charge in [-0.15, -0.1) is 12.4 Å². The third-order valence-electron chi connectivity index (χ3n) is 5.50. The monoisotopic (exact) mass is 453 g/mol. The number of nitrogens with one attached hydrogen (secondary N) is 1. The van der Waals surface area contributed by atoms with Crippen molar-refractivity contribution in [3.63, 3.8) is 0 Å².